The zero-order valence-corrected chi connectivity index (χ0v) is 15.0. The molecule has 2 aromatic rings. The van der Waals surface area contributed by atoms with E-state index < -0.39 is 0 Å². The van der Waals surface area contributed by atoms with Gasteiger partial charge in [-0.1, -0.05) is 30.3 Å². The van der Waals surface area contributed by atoms with Crippen molar-refractivity contribution in [3.63, 3.8) is 0 Å². The number of amides is 1. The first-order chi connectivity index (χ1) is 12.1. The van der Waals surface area contributed by atoms with E-state index in [4.69, 9.17) is 9.26 Å². The number of methoxy groups -OCH3 is 1. The number of hydrogen-bond acceptors (Lipinski definition) is 5. The summed E-state index contributed by atoms with van der Waals surface area (Å²) in [5.74, 6) is 0.427. The van der Waals surface area contributed by atoms with Crippen molar-refractivity contribution in [3.05, 3.63) is 47.7 Å². The van der Waals surface area contributed by atoms with Crippen LogP contribution in [0.1, 0.15) is 42.4 Å². The Morgan fingerprint density at radius 2 is 2.20 bits per heavy atom. The Morgan fingerprint density at radius 3 is 2.84 bits per heavy atom. The highest BCUT2D eigenvalue weighted by molar-refractivity contribution is 5.91. The van der Waals surface area contributed by atoms with Crippen LogP contribution in [0.5, 0.6) is 5.88 Å². The van der Waals surface area contributed by atoms with Crippen LogP contribution in [-0.2, 0) is 0 Å². The highest BCUT2D eigenvalue weighted by Gasteiger charge is 2.33. The quantitative estimate of drug-likeness (QED) is 0.807. The molecule has 1 saturated heterocycles. The van der Waals surface area contributed by atoms with Crippen LogP contribution in [0.4, 0.5) is 0 Å². The van der Waals surface area contributed by atoms with Gasteiger partial charge >= 0.3 is 0 Å². The second kappa shape index (κ2) is 7.70. The zero-order valence-electron chi connectivity index (χ0n) is 15.0. The van der Waals surface area contributed by atoms with Crippen LogP contribution in [0.3, 0.4) is 0 Å². The second-order valence-electron chi connectivity index (χ2n) is 6.35. The first-order valence-corrected chi connectivity index (χ1v) is 8.74. The third-order valence-corrected chi connectivity index (χ3v) is 4.98. The Balaban J connectivity index is 1.67. The molecule has 2 heterocycles. The number of aromatic nitrogens is 1. The second-order valence-corrected chi connectivity index (χ2v) is 6.35. The smallest absolute Gasteiger partial charge is 0.292 e. The van der Waals surface area contributed by atoms with Crippen LogP contribution in [0.15, 0.2) is 40.9 Å². The van der Waals surface area contributed by atoms with Crippen LogP contribution in [0.2, 0.25) is 0 Å². The topological polar surface area (TPSA) is 58.8 Å². The van der Waals surface area contributed by atoms with Crippen molar-refractivity contribution in [2.45, 2.75) is 32.4 Å². The zero-order chi connectivity index (χ0) is 17.8. The molecule has 1 fully saturated rings. The van der Waals surface area contributed by atoms with Gasteiger partial charge in [0.2, 0.25) is 5.76 Å². The van der Waals surface area contributed by atoms with Crippen molar-refractivity contribution in [2.75, 3.05) is 26.7 Å². The molecular formula is C19H25N3O3. The summed E-state index contributed by atoms with van der Waals surface area (Å²) in [7, 11) is 1.50. The van der Waals surface area contributed by atoms with E-state index >= 15 is 0 Å². The number of hydrogen-bond donors (Lipinski definition) is 0. The summed E-state index contributed by atoms with van der Waals surface area (Å²) in [6.07, 6.45) is 0.960. The Labute approximate surface area is 148 Å². The monoisotopic (exact) mass is 343 g/mol. The molecule has 1 aromatic heterocycles. The fourth-order valence-electron chi connectivity index (χ4n) is 3.48. The van der Waals surface area contributed by atoms with E-state index in [1.54, 1.807) is 6.07 Å². The summed E-state index contributed by atoms with van der Waals surface area (Å²) < 4.78 is 10.1. The average molecular weight is 343 g/mol. The highest BCUT2D eigenvalue weighted by Crippen LogP contribution is 2.27. The van der Waals surface area contributed by atoms with Gasteiger partial charge in [0.25, 0.3) is 11.8 Å². The van der Waals surface area contributed by atoms with Crippen molar-refractivity contribution >= 4 is 5.91 Å². The summed E-state index contributed by atoms with van der Waals surface area (Å²) in [6.45, 7) is 6.69. The maximum atomic E-state index is 12.8. The molecule has 0 saturated carbocycles. The van der Waals surface area contributed by atoms with Crippen LogP contribution in [-0.4, -0.2) is 53.6 Å². The lowest BCUT2D eigenvalue weighted by atomic mass is 10.1. The largest absolute Gasteiger partial charge is 0.479 e. The first-order valence-electron chi connectivity index (χ1n) is 8.74. The van der Waals surface area contributed by atoms with Crippen LogP contribution in [0.25, 0.3) is 0 Å². The van der Waals surface area contributed by atoms with E-state index in [1.165, 1.54) is 12.7 Å². The van der Waals surface area contributed by atoms with Gasteiger partial charge < -0.3 is 14.2 Å². The number of nitrogens with zero attached hydrogens (tertiary/aromatic N) is 3. The van der Waals surface area contributed by atoms with E-state index in [1.807, 2.05) is 17.9 Å². The molecule has 1 aliphatic heterocycles. The highest BCUT2D eigenvalue weighted by atomic mass is 16.5. The average Bonchev–Trinajstić information content (AvgIpc) is 3.32. The molecule has 3 rings (SSSR count). The lowest BCUT2D eigenvalue weighted by Crippen LogP contribution is -2.42. The summed E-state index contributed by atoms with van der Waals surface area (Å²) in [5, 5.41) is 3.73. The van der Waals surface area contributed by atoms with Gasteiger partial charge in [-0.3, -0.25) is 9.69 Å². The number of benzene rings is 1. The van der Waals surface area contributed by atoms with Gasteiger partial charge in [-0.25, -0.2) is 0 Å². The molecule has 0 N–H and O–H groups in total. The van der Waals surface area contributed by atoms with Crippen molar-refractivity contribution in [1.29, 1.82) is 0 Å². The minimum Gasteiger partial charge on any atom is -0.479 e. The van der Waals surface area contributed by atoms with Crippen molar-refractivity contribution in [2.24, 2.45) is 0 Å². The molecule has 1 aromatic carbocycles. The lowest BCUT2D eigenvalue weighted by Gasteiger charge is -2.29. The lowest BCUT2D eigenvalue weighted by molar-refractivity contribution is 0.0647. The SMILES string of the molecule is CCN(C(=O)c1cc(OC)no1)[C@@H]1CCN([C@H](C)c2ccccc2)C1. The molecule has 0 unspecified atom stereocenters. The molecule has 0 spiro atoms. The van der Waals surface area contributed by atoms with Gasteiger partial charge in [0, 0.05) is 31.7 Å². The third-order valence-electron chi connectivity index (χ3n) is 4.98. The third kappa shape index (κ3) is 3.69. The molecule has 6 heteroatoms. The number of likely N-dealkylation sites (tertiary alicyclic amines) is 1. The number of likely N-dealkylation sites (N-methyl/N-ethyl adjacent to an activating group) is 1. The maximum absolute atomic E-state index is 12.8. The van der Waals surface area contributed by atoms with Crippen molar-refractivity contribution in [3.8, 4) is 5.88 Å². The van der Waals surface area contributed by atoms with Gasteiger partial charge in [0.15, 0.2) is 0 Å². The number of carbonyl (C=O) groups is 1. The summed E-state index contributed by atoms with van der Waals surface area (Å²) in [5.41, 5.74) is 1.30. The molecule has 25 heavy (non-hydrogen) atoms. The first kappa shape index (κ1) is 17.5. The Hall–Kier alpha value is -2.34. The van der Waals surface area contributed by atoms with Gasteiger partial charge in [-0.2, -0.15) is 0 Å². The fourth-order valence-corrected chi connectivity index (χ4v) is 3.48. The normalized spacial score (nSPS) is 18.9. The number of ether oxygens (including phenoxy) is 1. The molecule has 6 nitrogen and oxygen atoms in total. The van der Waals surface area contributed by atoms with Crippen LogP contribution >= 0.6 is 0 Å². The Bertz CT molecular complexity index is 701. The van der Waals surface area contributed by atoms with Crippen molar-refractivity contribution < 1.29 is 14.1 Å². The molecule has 134 valence electrons. The van der Waals surface area contributed by atoms with Crippen molar-refractivity contribution in [1.82, 2.24) is 15.0 Å². The Morgan fingerprint density at radius 1 is 1.44 bits per heavy atom. The Kier molecular flexibility index (Phi) is 5.38. The minimum absolute atomic E-state index is 0.127. The van der Waals surface area contributed by atoms with Crippen LogP contribution in [0, 0.1) is 0 Å². The standard InChI is InChI=1S/C19H25N3O3/c1-4-22(19(23)17-12-18(24-3)20-25-17)16-10-11-21(13-16)14(2)15-8-6-5-7-9-15/h5-9,12,14,16H,4,10-11,13H2,1-3H3/t14-,16-/m1/s1. The molecule has 0 aliphatic carbocycles. The number of rotatable bonds is 6. The van der Waals surface area contributed by atoms with E-state index in [9.17, 15) is 4.79 Å². The van der Waals surface area contributed by atoms with Gasteiger partial charge in [0.1, 0.15) is 0 Å². The van der Waals surface area contributed by atoms with E-state index in [2.05, 4.69) is 41.2 Å². The van der Waals surface area contributed by atoms with E-state index in [0.717, 1.165) is 19.5 Å². The minimum atomic E-state index is -0.127. The van der Waals surface area contributed by atoms with Gasteiger partial charge in [-0.15, -0.1) is 0 Å². The fraction of sp³-hybridized carbons (Fsp3) is 0.474. The summed E-state index contributed by atoms with van der Waals surface area (Å²) in [4.78, 5) is 17.1. The summed E-state index contributed by atoms with van der Waals surface area (Å²) in [6, 6.07) is 12.5. The van der Waals surface area contributed by atoms with Gasteiger partial charge in [0.05, 0.1) is 13.2 Å². The van der Waals surface area contributed by atoms with E-state index in [0.29, 0.717) is 18.5 Å². The van der Waals surface area contributed by atoms with Crippen LogP contribution < -0.4 is 4.74 Å². The predicted molar refractivity (Wildman–Crippen MR) is 94.6 cm³/mol. The maximum Gasteiger partial charge on any atom is 0.292 e. The molecule has 0 radical (unpaired) electrons. The molecular weight excluding hydrogens is 318 g/mol. The van der Waals surface area contributed by atoms with Gasteiger partial charge in [-0.05, 0) is 31.0 Å². The molecule has 1 aliphatic rings. The summed E-state index contributed by atoms with van der Waals surface area (Å²) >= 11 is 0. The van der Waals surface area contributed by atoms with E-state index in [-0.39, 0.29) is 17.7 Å². The predicted octanol–water partition coefficient (Wildman–Crippen LogP) is 2.98. The molecule has 0 bridgehead atoms. The molecule has 1 amide bonds. The number of carbonyl (C=O) groups excluding carboxylic acids is 1. The molecule has 2 atom stereocenters.